The summed E-state index contributed by atoms with van der Waals surface area (Å²) in [5.74, 6) is 0.0212. The van der Waals surface area contributed by atoms with Crippen LogP contribution in [-0.2, 0) is 11.2 Å². The van der Waals surface area contributed by atoms with Gasteiger partial charge in [0.15, 0.2) is 0 Å². The topological polar surface area (TPSA) is 49.4 Å². The molecule has 4 nitrogen and oxygen atoms in total. The second-order valence-electron chi connectivity index (χ2n) is 5.40. The highest BCUT2D eigenvalue weighted by Crippen LogP contribution is 2.14. The summed E-state index contributed by atoms with van der Waals surface area (Å²) in [6.45, 7) is 6.35. The summed E-state index contributed by atoms with van der Waals surface area (Å²) in [5, 5.41) is 2.74. The van der Waals surface area contributed by atoms with Crippen molar-refractivity contribution in [2.45, 2.75) is 33.2 Å². The first-order valence-electron chi connectivity index (χ1n) is 6.66. The van der Waals surface area contributed by atoms with Gasteiger partial charge in [0, 0.05) is 6.54 Å². The molecule has 3 amide bonds. The molecule has 0 spiro atoms. The molecule has 1 fully saturated rings. The molecule has 1 saturated heterocycles. The van der Waals surface area contributed by atoms with Gasteiger partial charge in [-0.25, -0.2) is 4.79 Å². The van der Waals surface area contributed by atoms with Crippen LogP contribution in [0.4, 0.5) is 4.79 Å². The molecule has 102 valence electrons. The van der Waals surface area contributed by atoms with Crippen molar-refractivity contribution in [3.05, 3.63) is 35.4 Å². The van der Waals surface area contributed by atoms with Crippen molar-refractivity contribution in [3.8, 4) is 0 Å². The summed E-state index contributed by atoms with van der Waals surface area (Å²) in [5.41, 5.74) is 2.35. The van der Waals surface area contributed by atoms with Crippen molar-refractivity contribution in [1.29, 1.82) is 0 Å². The van der Waals surface area contributed by atoms with Crippen LogP contribution in [-0.4, -0.2) is 29.4 Å². The van der Waals surface area contributed by atoms with Crippen LogP contribution in [0.5, 0.6) is 0 Å². The van der Waals surface area contributed by atoms with Gasteiger partial charge in [0.05, 0.1) is 0 Å². The van der Waals surface area contributed by atoms with Crippen LogP contribution in [0.15, 0.2) is 24.3 Å². The lowest BCUT2D eigenvalue weighted by Gasteiger charge is -2.14. The number of imide groups is 1. The van der Waals surface area contributed by atoms with E-state index in [1.54, 1.807) is 0 Å². The Morgan fingerprint density at radius 1 is 1.21 bits per heavy atom. The number of carbonyl (C=O) groups excluding carboxylic acids is 2. The standard InChI is InChI=1S/C15H20N2O2/c1-10(2)13-14(18)17(15(19)16-13)9-8-12-6-4-11(3)5-7-12/h4-7,10,13H,8-9H2,1-3H3,(H,16,19)/t13-/m1/s1. The van der Waals surface area contributed by atoms with Gasteiger partial charge in [0.25, 0.3) is 5.91 Å². The fourth-order valence-electron chi connectivity index (χ4n) is 2.20. The molecule has 1 aliphatic rings. The molecule has 0 bridgehead atoms. The molecule has 0 aromatic heterocycles. The third-order valence-corrected chi connectivity index (χ3v) is 3.47. The summed E-state index contributed by atoms with van der Waals surface area (Å²) in [6, 6.07) is 7.51. The van der Waals surface area contributed by atoms with E-state index in [2.05, 4.69) is 5.32 Å². The Hall–Kier alpha value is -1.84. The van der Waals surface area contributed by atoms with E-state index in [1.807, 2.05) is 45.0 Å². The van der Waals surface area contributed by atoms with Crippen molar-refractivity contribution in [2.75, 3.05) is 6.54 Å². The van der Waals surface area contributed by atoms with Gasteiger partial charge in [-0.2, -0.15) is 0 Å². The first-order valence-corrected chi connectivity index (χ1v) is 6.66. The summed E-state index contributed by atoms with van der Waals surface area (Å²) in [7, 11) is 0. The number of hydrogen-bond donors (Lipinski definition) is 1. The zero-order chi connectivity index (χ0) is 14.0. The molecule has 1 N–H and O–H groups in total. The maximum absolute atomic E-state index is 12.1. The molecule has 19 heavy (non-hydrogen) atoms. The lowest BCUT2D eigenvalue weighted by Crippen LogP contribution is -2.35. The number of benzene rings is 1. The Morgan fingerprint density at radius 3 is 2.37 bits per heavy atom. The first-order chi connectivity index (χ1) is 8.99. The number of nitrogens with one attached hydrogen (secondary N) is 1. The molecule has 1 aromatic carbocycles. The van der Waals surface area contributed by atoms with Crippen LogP contribution in [0.2, 0.25) is 0 Å². The van der Waals surface area contributed by atoms with Crippen LogP contribution in [0.3, 0.4) is 0 Å². The second kappa shape index (κ2) is 5.43. The smallest absolute Gasteiger partial charge is 0.324 e. The maximum atomic E-state index is 12.1. The quantitative estimate of drug-likeness (QED) is 0.843. The highest BCUT2D eigenvalue weighted by Gasteiger charge is 2.38. The number of urea groups is 1. The molecule has 1 aromatic rings. The molecule has 0 unspecified atom stereocenters. The Balaban J connectivity index is 1.98. The van der Waals surface area contributed by atoms with Crippen LogP contribution < -0.4 is 5.32 Å². The molecular formula is C15H20N2O2. The average molecular weight is 260 g/mol. The predicted molar refractivity (Wildman–Crippen MR) is 73.8 cm³/mol. The number of carbonyl (C=O) groups is 2. The van der Waals surface area contributed by atoms with Crippen molar-refractivity contribution >= 4 is 11.9 Å². The van der Waals surface area contributed by atoms with E-state index in [4.69, 9.17) is 0 Å². The molecule has 1 aliphatic heterocycles. The molecule has 1 atom stereocenters. The Kier molecular flexibility index (Phi) is 3.88. The lowest BCUT2D eigenvalue weighted by molar-refractivity contribution is -0.128. The minimum atomic E-state index is -0.370. The highest BCUT2D eigenvalue weighted by molar-refractivity contribution is 6.04. The van der Waals surface area contributed by atoms with Gasteiger partial charge in [-0.1, -0.05) is 43.7 Å². The molecule has 2 rings (SSSR count). The fraction of sp³-hybridized carbons (Fsp3) is 0.467. The van der Waals surface area contributed by atoms with Gasteiger partial charge >= 0.3 is 6.03 Å². The lowest BCUT2D eigenvalue weighted by atomic mass is 10.0. The molecule has 1 heterocycles. The Bertz CT molecular complexity index is 479. The van der Waals surface area contributed by atoms with E-state index in [1.165, 1.54) is 10.5 Å². The van der Waals surface area contributed by atoms with Crippen LogP contribution in [0.25, 0.3) is 0 Å². The summed E-state index contributed by atoms with van der Waals surface area (Å²) < 4.78 is 0. The van der Waals surface area contributed by atoms with Crippen molar-refractivity contribution < 1.29 is 9.59 Å². The molecular weight excluding hydrogens is 240 g/mol. The van der Waals surface area contributed by atoms with E-state index < -0.39 is 0 Å². The Morgan fingerprint density at radius 2 is 1.84 bits per heavy atom. The first kappa shape index (κ1) is 13.6. The normalized spacial score (nSPS) is 19.2. The zero-order valence-corrected chi connectivity index (χ0v) is 11.6. The summed E-state index contributed by atoms with van der Waals surface area (Å²) in [6.07, 6.45) is 0.699. The van der Waals surface area contributed by atoms with Gasteiger partial charge in [-0.15, -0.1) is 0 Å². The molecule has 4 heteroatoms. The SMILES string of the molecule is Cc1ccc(CCN2C(=O)N[C@H](C(C)C)C2=O)cc1. The van der Waals surface area contributed by atoms with Gasteiger partial charge < -0.3 is 5.32 Å². The van der Waals surface area contributed by atoms with Crippen LogP contribution >= 0.6 is 0 Å². The monoisotopic (exact) mass is 260 g/mol. The van der Waals surface area contributed by atoms with E-state index in [9.17, 15) is 9.59 Å². The van der Waals surface area contributed by atoms with E-state index in [0.29, 0.717) is 13.0 Å². The highest BCUT2D eigenvalue weighted by atomic mass is 16.2. The zero-order valence-electron chi connectivity index (χ0n) is 11.6. The van der Waals surface area contributed by atoms with E-state index >= 15 is 0 Å². The van der Waals surface area contributed by atoms with Crippen molar-refractivity contribution in [1.82, 2.24) is 10.2 Å². The van der Waals surface area contributed by atoms with Crippen LogP contribution in [0.1, 0.15) is 25.0 Å². The van der Waals surface area contributed by atoms with Gasteiger partial charge in [-0.05, 0) is 24.8 Å². The number of rotatable bonds is 4. The molecule has 0 aliphatic carbocycles. The average Bonchev–Trinajstić information content (AvgIpc) is 2.65. The number of aryl methyl sites for hydroxylation is 1. The minimum absolute atomic E-state index is 0.105. The van der Waals surface area contributed by atoms with Gasteiger partial charge in [0.1, 0.15) is 6.04 Å². The minimum Gasteiger partial charge on any atom is -0.326 e. The van der Waals surface area contributed by atoms with Crippen molar-refractivity contribution in [2.24, 2.45) is 5.92 Å². The number of hydrogen-bond acceptors (Lipinski definition) is 2. The number of amides is 3. The van der Waals surface area contributed by atoms with Gasteiger partial charge in [0.2, 0.25) is 0 Å². The molecule has 0 radical (unpaired) electrons. The number of nitrogens with zero attached hydrogens (tertiary/aromatic N) is 1. The predicted octanol–water partition coefficient (Wildman–Crippen LogP) is 2.11. The van der Waals surface area contributed by atoms with Crippen LogP contribution in [0, 0.1) is 12.8 Å². The Labute approximate surface area is 113 Å². The van der Waals surface area contributed by atoms with E-state index in [-0.39, 0.29) is 23.9 Å². The summed E-state index contributed by atoms with van der Waals surface area (Å²) in [4.78, 5) is 25.2. The van der Waals surface area contributed by atoms with E-state index in [0.717, 1.165) is 5.56 Å². The van der Waals surface area contributed by atoms with Gasteiger partial charge in [-0.3, -0.25) is 9.69 Å². The third kappa shape index (κ3) is 2.95. The third-order valence-electron chi connectivity index (χ3n) is 3.47. The fourth-order valence-corrected chi connectivity index (χ4v) is 2.20. The molecule has 0 saturated carbocycles. The second-order valence-corrected chi connectivity index (χ2v) is 5.40. The maximum Gasteiger partial charge on any atom is 0.324 e. The summed E-state index contributed by atoms with van der Waals surface area (Å²) >= 11 is 0. The van der Waals surface area contributed by atoms with Crippen molar-refractivity contribution in [3.63, 3.8) is 0 Å². The largest absolute Gasteiger partial charge is 0.326 e.